The predicted molar refractivity (Wildman–Crippen MR) is 77.0 cm³/mol. The first-order chi connectivity index (χ1) is 8.58. The molecule has 94 valence electrons. The summed E-state index contributed by atoms with van der Waals surface area (Å²) >= 11 is 6.73. The van der Waals surface area contributed by atoms with Crippen LogP contribution >= 0.6 is 31.9 Å². The summed E-state index contributed by atoms with van der Waals surface area (Å²) in [6.07, 6.45) is 0. The Bertz CT molecular complexity index is 555. The predicted octanol–water partition coefficient (Wildman–Crippen LogP) is 4.51. The zero-order valence-corrected chi connectivity index (χ0v) is 12.5. The summed E-state index contributed by atoms with van der Waals surface area (Å²) in [5.74, 6) is 0.282. The average Bonchev–Trinajstić information content (AvgIpc) is 2.31. The van der Waals surface area contributed by atoms with E-state index in [0.29, 0.717) is 17.0 Å². The molecular formula is C13H10Br2FNO. The number of halogens is 3. The van der Waals surface area contributed by atoms with Gasteiger partial charge in [-0.2, -0.15) is 0 Å². The van der Waals surface area contributed by atoms with E-state index >= 15 is 0 Å². The molecule has 18 heavy (non-hydrogen) atoms. The SMILES string of the molecule is Nc1cccc(F)c1COc1ccc(Br)cc1Br. The van der Waals surface area contributed by atoms with Crippen LogP contribution in [0.3, 0.4) is 0 Å². The Balaban J connectivity index is 2.16. The molecule has 5 heteroatoms. The number of rotatable bonds is 3. The standard InChI is InChI=1S/C13H10Br2FNO/c14-8-4-5-13(10(15)6-8)18-7-9-11(16)2-1-3-12(9)17/h1-6H,7,17H2. The Labute approximate surface area is 121 Å². The van der Waals surface area contributed by atoms with E-state index < -0.39 is 0 Å². The number of anilines is 1. The number of benzene rings is 2. The Morgan fingerprint density at radius 3 is 2.61 bits per heavy atom. The number of hydrogen-bond acceptors (Lipinski definition) is 2. The summed E-state index contributed by atoms with van der Waals surface area (Å²) in [7, 11) is 0. The third-order valence-corrected chi connectivity index (χ3v) is 3.53. The lowest BCUT2D eigenvalue weighted by Gasteiger charge is -2.11. The van der Waals surface area contributed by atoms with Gasteiger partial charge in [0.15, 0.2) is 0 Å². The van der Waals surface area contributed by atoms with E-state index in [1.54, 1.807) is 18.2 Å². The number of nitrogen functional groups attached to an aromatic ring is 1. The molecule has 2 rings (SSSR count). The van der Waals surface area contributed by atoms with E-state index in [0.717, 1.165) is 8.95 Å². The van der Waals surface area contributed by atoms with Crippen LogP contribution in [0.2, 0.25) is 0 Å². The lowest BCUT2D eigenvalue weighted by molar-refractivity contribution is 0.298. The molecule has 0 radical (unpaired) electrons. The smallest absolute Gasteiger partial charge is 0.134 e. The highest BCUT2D eigenvalue weighted by atomic mass is 79.9. The van der Waals surface area contributed by atoms with E-state index in [1.807, 2.05) is 12.1 Å². The summed E-state index contributed by atoms with van der Waals surface area (Å²) < 4.78 is 20.8. The van der Waals surface area contributed by atoms with Gasteiger partial charge in [-0.15, -0.1) is 0 Å². The highest BCUT2D eigenvalue weighted by molar-refractivity contribution is 9.11. The van der Waals surface area contributed by atoms with E-state index in [2.05, 4.69) is 31.9 Å². The molecule has 2 aromatic rings. The summed E-state index contributed by atoms with van der Waals surface area (Å²) in [6, 6.07) is 10.1. The lowest BCUT2D eigenvalue weighted by atomic mass is 10.2. The van der Waals surface area contributed by atoms with Crippen molar-refractivity contribution in [1.29, 1.82) is 0 Å². The largest absolute Gasteiger partial charge is 0.488 e. The summed E-state index contributed by atoms with van der Waals surface area (Å²) in [4.78, 5) is 0. The van der Waals surface area contributed by atoms with Crippen molar-refractivity contribution in [1.82, 2.24) is 0 Å². The van der Waals surface area contributed by atoms with Gasteiger partial charge in [0.1, 0.15) is 18.2 Å². The van der Waals surface area contributed by atoms with Gasteiger partial charge in [-0.05, 0) is 46.3 Å². The first kappa shape index (κ1) is 13.4. The fraction of sp³-hybridized carbons (Fsp3) is 0.0769. The maximum atomic E-state index is 13.5. The van der Waals surface area contributed by atoms with Crippen LogP contribution in [-0.4, -0.2) is 0 Å². The van der Waals surface area contributed by atoms with Crippen LogP contribution in [0, 0.1) is 5.82 Å². The van der Waals surface area contributed by atoms with Crippen molar-refractivity contribution in [3.05, 3.63) is 56.7 Å². The van der Waals surface area contributed by atoms with Crippen LogP contribution in [0.4, 0.5) is 10.1 Å². The van der Waals surface area contributed by atoms with E-state index in [4.69, 9.17) is 10.5 Å². The maximum Gasteiger partial charge on any atom is 0.134 e. The molecule has 0 aliphatic carbocycles. The molecule has 0 bridgehead atoms. The second-order valence-corrected chi connectivity index (χ2v) is 5.44. The minimum absolute atomic E-state index is 0.0960. The zero-order chi connectivity index (χ0) is 13.1. The second kappa shape index (κ2) is 5.71. The highest BCUT2D eigenvalue weighted by Gasteiger charge is 2.08. The maximum absolute atomic E-state index is 13.5. The first-order valence-electron chi connectivity index (χ1n) is 5.18. The van der Waals surface area contributed by atoms with Crippen molar-refractivity contribution < 1.29 is 9.13 Å². The second-order valence-electron chi connectivity index (χ2n) is 3.67. The Morgan fingerprint density at radius 1 is 1.17 bits per heavy atom. The summed E-state index contributed by atoms with van der Waals surface area (Å²) in [6.45, 7) is 0.0960. The van der Waals surface area contributed by atoms with Crippen LogP contribution in [0.15, 0.2) is 45.3 Å². The summed E-state index contributed by atoms with van der Waals surface area (Å²) in [5, 5.41) is 0. The highest BCUT2D eigenvalue weighted by Crippen LogP contribution is 2.29. The van der Waals surface area contributed by atoms with Crippen LogP contribution in [0.5, 0.6) is 5.75 Å². The Morgan fingerprint density at radius 2 is 1.94 bits per heavy atom. The van der Waals surface area contributed by atoms with E-state index in [-0.39, 0.29) is 12.4 Å². The number of hydrogen-bond donors (Lipinski definition) is 1. The number of nitrogens with two attached hydrogens (primary N) is 1. The molecule has 0 heterocycles. The van der Waals surface area contributed by atoms with Gasteiger partial charge < -0.3 is 10.5 Å². The first-order valence-corrected chi connectivity index (χ1v) is 6.77. The van der Waals surface area contributed by atoms with Gasteiger partial charge in [-0.25, -0.2) is 4.39 Å². The fourth-order valence-electron chi connectivity index (χ4n) is 1.47. The molecule has 2 aromatic carbocycles. The molecule has 0 saturated heterocycles. The molecule has 0 aliphatic heterocycles. The van der Waals surface area contributed by atoms with Crippen LogP contribution in [0.1, 0.15) is 5.56 Å². The minimum Gasteiger partial charge on any atom is -0.488 e. The van der Waals surface area contributed by atoms with Crippen molar-refractivity contribution in [2.45, 2.75) is 6.61 Å². The minimum atomic E-state index is -0.358. The molecule has 0 aliphatic rings. The molecule has 0 aromatic heterocycles. The van der Waals surface area contributed by atoms with E-state index in [9.17, 15) is 4.39 Å². The van der Waals surface area contributed by atoms with Crippen LogP contribution < -0.4 is 10.5 Å². The third kappa shape index (κ3) is 3.03. The molecule has 0 saturated carbocycles. The van der Waals surface area contributed by atoms with Gasteiger partial charge in [-0.1, -0.05) is 22.0 Å². The molecule has 0 unspecified atom stereocenters. The molecule has 2 nitrogen and oxygen atoms in total. The van der Waals surface area contributed by atoms with Crippen molar-refractivity contribution in [2.24, 2.45) is 0 Å². The van der Waals surface area contributed by atoms with Gasteiger partial charge in [0, 0.05) is 15.7 Å². The number of ether oxygens (including phenoxy) is 1. The van der Waals surface area contributed by atoms with Crippen LogP contribution in [-0.2, 0) is 6.61 Å². The third-order valence-electron chi connectivity index (χ3n) is 2.42. The monoisotopic (exact) mass is 373 g/mol. The van der Waals surface area contributed by atoms with Gasteiger partial charge >= 0.3 is 0 Å². The van der Waals surface area contributed by atoms with Crippen molar-refractivity contribution in [3.8, 4) is 5.75 Å². The Hall–Kier alpha value is -1.07. The molecule has 0 fully saturated rings. The molecule has 0 atom stereocenters. The van der Waals surface area contributed by atoms with Crippen molar-refractivity contribution in [3.63, 3.8) is 0 Å². The molecule has 2 N–H and O–H groups in total. The van der Waals surface area contributed by atoms with Crippen LogP contribution in [0.25, 0.3) is 0 Å². The summed E-state index contributed by atoms with van der Waals surface area (Å²) in [5.41, 5.74) is 6.47. The topological polar surface area (TPSA) is 35.2 Å². The Kier molecular flexibility index (Phi) is 4.24. The molecular weight excluding hydrogens is 365 g/mol. The van der Waals surface area contributed by atoms with E-state index in [1.165, 1.54) is 6.07 Å². The lowest BCUT2D eigenvalue weighted by Crippen LogP contribution is -2.03. The van der Waals surface area contributed by atoms with Gasteiger partial charge in [-0.3, -0.25) is 0 Å². The van der Waals surface area contributed by atoms with Gasteiger partial charge in [0.2, 0.25) is 0 Å². The van der Waals surface area contributed by atoms with Crippen molar-refractivity contribution in [2.75, 3.05) is 5.73 Å². The quantitative estimate of drug-likeness (QED) is 0.802. The molecule has 0 amide bonds. The van der Waals surface area contributed by atoms with Gasteiger partial charge in [0.05, 0.1) is 4.47 Å². The fourth-order valence-corrected chi connectivity index (χ4v) is 2.63. The zero-order valence-electron chi connectivity index (χ0n) is 9.29. The molecule has 0 spiro atoms. The van der Waals surface area contributed by atoms with Gasteiger partial charge in [0.25, 0.3) is 0 Å². The normalized spacial score (nSPS) is 10.4. The van der Waals surface area contributed by atoms with Crippen molar-refractivity contribution >= 4 is 37.5 Å². The average molecular weight is 375 g/mol.